The van der Waals surface area contributed by atoms with Crippen molar-refractivity contribution in [3.05, 3.63) is 58.1 Å². The van der Waals surface area contributed by atoms with Gasteiger partial charge in [-0.1, -0.05) is 15.9 Å². The Morgan fingerprint density at radius 1 is 1.33 bits per heavy atom. The molecule has 0 aliphatic heterocycles. The number of rotatable bonds is 3. The van der Waals surface area contributed by atoms with Crippen molar-refractivity contribution in [3.63, 3.8) is 0 Å². The maximum absolute atomic E-state index is 13.4. The predicted molar refractivity (Wildman–Crippen MR) is 67.3 cm³/mol. The van der Waals surface area contributed by atoms with Crippen molar-refractivity contribution >= 4 is 21.8 Å². The zero-order valence-corrected chi connectivity index (χ0v) is 10.8. The van der Waals surface area contributed by atoms with Gasteiger partial charge in [-0.2, -0.15) is 10.2 Å². The van der Waals surface area contributed by atoms with E-state index in [0.717, 1.165) is 4.47 Å². The van der Waals surface area contributed by atoms with Crippen LogP contribution >= 0.6 is 15.9 Å². The van der Waals surface area contributed by atoms with Crippen molar-refractivity contribution < 1.29 is 9.18 Å². The van der Waals surface area contributed by atoms with Gasteiger partial charge < -0.3 is 5.32 Å². The SMILES string of the molecule is O=C(NCc1cc(Br)ccc1F)c1ccnnc1. The fourth-order valence-corrected chi connectivity index (χ4v) is 1.79. The van der Waals surface area contributed by atoms with Crippen LogP contribution in [0.1, 0.15) is 15.9 Å². The molecule has 0 saturated heterocycles. The van der Waals surface area contributed by atoms with Gasteiger partial charge in [0.2, 0.25) is 0 Å². The number of hydrogen-bond donors (Lipinski definition) is 1. The number of hydrogen-bond acceptors (Lipinski definition) is 3. The molecule has 0 fully saturated rings. The fourth-order valence-electron chi connectivity index (χ4n) is 1.38. The van der Waals surface area contributed by atoms with Crippen LogP contribution < -0.4 is 5.32 Å². The molecule has 2 aromatic rings. The van der Waals surface area contributed by atoms with Gasteiger partial charge >= 0.3 is 0 Å². The first kappa shape index (κ1) is 12.6. The van der Waals surface area contributed by atoms with Crippen LogP contribution in [0.15, 0.2) is 41.1 Å². The van der Waals surface area contributed by atoms with Gasteiger partial charge in [0.05, 0.1) is 18.0 Å². The Kier molecular flexibility index (Phi) is 3.99. The lowest BCUT2D eigenvalue weighted by atomic mass is 10.2. The Hall–Kier alpha value is -1.82. The Morgan fingerprint density at radius 2 is 2.17 bits per heavy atom. The summed E-state index contributed by atoms with van der Waals surface area (Å²) in [6.45, 7) is 0.117. The van der Waals surface area contributed by atoms with Crippen LogP contribution in [0.5, 0.6) is 0 Å². The summed E-state index contributed by atoms with van der Waals surface area (Å²) >= 11 is 3.25. The summed E-state index contributed by atoms with van der Waals surface area (Å²) in [4.78, 5) is 11.7. The van der Waals surface area contributed by atoms with Gasteiger partial charge in [-0.3, -0.25) is 4.79 Å². The summed E-state index contributed by atoms with van der Waals surface area (Å²) in [6.07, 6.45) is 2.78. The van der Waals surface area contributed by atoms with E-state index in [9.17, 15) is 9.18 Å². The third-order valence-corrected chi connectivity index (χ3v) is 2.79. The van der Waals surface area contributed by atoms with Crippen molar-refractivity contribution in [2.75, 3.05) is 0 Å². The lowest BCUT2D eigenvalue weighted by Gasteiger charge is -2.06. The van der Waals surface area contributed by atoms with E-state index in [1.807, 2.05) is 0 Å². The number of aromatic nitrogens is 2. The topological polar surface area (TPSA) is 54.9 Å². The number of nitrogens with zero attached hydrogens (tertiary/aromatic N) is 2. The van der Waals surface area contributed by atoms with Gasteiger partial charge in [-0.15, -0.1) is 0 Å². The molecule has 0 bridgehead atoms. The maximum atomic E-state index is 13.4. The maximum Gasteiger partial charge on any atom is 0.253 e. The van der Waals surface area contributed by atoms with Gasteiger partial charge in [0.1, 0.15) is 5.82 Å². The van der Waals surface area contributed by atoms with Crippen molar-refractivity contribution in [2.45, 2.75) is 6.54 Å². The third kappa shape index (κ3) is 3.10. The van der Waals surface area contributed by atoms with Gasteiger partial charge in [0.25, 0.3) is 5.91 Å². The molecule has 92 valence electrons. The van der Waals surface area contributed by atoms with Crippen molar-refractivity contribution in [2.24, 2.45) is 0 Å². The van der Waals surface area contributed by atoms with Crippen molar-refractivity contribution in [3.8, 4) is 0 Å². The van der Waals surface area contributed by atoms with Crippen LogP contribution in [0.4, 0.5) is 4.39 Å². The first-order chi connectivity index (χ1) is 8.66. The summed E-state index contributed by atoms with van der Waals surface area (Å²) in [5.41, 5.74) is 0.806. The van der Waals surface area contributed by atoms with E-state index in [1.54, 1.807) is 18.2 Å². The summed E-state index contributed by atoms with van der Waals surface area (Å²) in [7, 11) is 0. The molecule has 2 rings (SSSR count). The monoisotopic (exact) mass is 309 g/mol. The minimum Gasteiger partial charge on any atom is -0.348 e. The van der Waals surface area contributed by atoms with Crippen LogP contribution in [-0.2, 0) is 6.54 Å². The summed E-state index contributed by atoms with van der Waals surface area (Å²) in [5, 5.41) is 9.79. The molecule has 4 nitrogen and oxygen atoms in total. The van der Waals surface area contributed by atoms with E-state index >= 15 is 0 Å². The lowest BCUT2D eigenvalue weighted by Crippen LogP contribution is -2.23. The van der Waals surface area contributed by atoms with Crippen molar-refractivity contribution in [1.29, 1.82) is 0 Å². The Morgan fingerprint density at radius 3 is 2.89 bits per heavy atom. The highest BCUT2D eigenvalue weighted by molar-refractivity contribution is 9.10. The van der Waals surface area contributed by atoms with E-state index in [1.165, 1.54) is 18.5 Å². The molecule has 0 unspecified atom stereocenters. The molecule has 0 radical (unpaired) electrons. The number of nitrogens with one attached hydrogen (secondary N) is 1. The summed E-state index contributed by atoms with van der Waals surface area (Å²) < 4.78 is 14.2. The zero-order chi connectivity index (χ0) is 13.0. The van der Waals surface area contributed by atoms with Crippen LogP contribution in [0.2, 0.25) is 0 Å². The average Bonchev–Trinajstić information content (AvgIpc) is 2.40. The van der Waals surface area contributed by atoms with E-state index in [4.69, 9.17) is 0 Å². The first-order valence-corrected chi connectivity index (χ1v) is 5.95. The van der Waals surface area contributed by atoms with E-state index < -0.39 is 0 Å². The van der Waals surface area contributed by atoms with Gasteiger partial charge in [-0.05, 0) is 24.3 Å². The minimum absolute atomic E-state index is 0.117. The van der Waals surface area contributed by atoms with Crippen molar-refractivity contribution in [1.82, 2.24) is 15.5 Å². The number of halogens is 2. The molecule has 1 aromatic carbocycles. The predicted octanol–water partition coefficient (Wildman–Crippen LogP) is 2.31. The minimum atomic E-state index is -0.355. The summed E-state index contributed by atoms with van der Waals surface area (Å²) in [6, 6.07) is 6.12. The molecule has 0 aliphatic rings. The fraction of sp³-hybridized carbons (Fsp3) is 0.0833. The Labute approximate surface area is 111 Å². The van der Waals surface area contributed by atoms with E-state index in [2.05, 4.69) is 31.4 Å². The normalized spacial score (nSPS) is 10.1. The molecule has 1 N–H and O–H groups in total. The standard InChI is InChI=1S/C12H9BrFN3O/c13-10-1-2-11(14)9(5-10)6-15-12(18)8-3-4-16-17-7-8/h1-5,7H,6H2,(H,15,18). The average molecular weight is 310 g/mol. The van der Waals surface area contributed by atoms with Crippen LogP contribution in [0.3, 0.4) is 0 Å². The number of carbonyl (C=O) groups is 1. The molecule has 6 heteroatoms. The molecule has 1 amide bonds. The van der Waals surface area contributed by atoms with Crippen LogP contribution in [0.25, 0.3) is 0 Å². The smallest absolute Gasteiger partial charge is 0.253 e. The second-order valence-electron chi connectivity index (χ2n) is 3.55. The lowest BCUT2D eigenvalue weighted by molar-refractivity contribution is 0.0950. The second-order valence-corrected chi connectivity index (χ2v) is 4.47. The second kappa shape index (κ2) is 5.68. The highest BCUT2D eigenvalue weighted by atomic mass is 79.9. The molecule has 0 aliphatic carbocycles. The molecule has 0 atom stereocenters. The Balaban J connectivity index is 2.04. The van der Waals surface area contributed by atoms with Crippen LogP contribution in [-0.4, -0.2) is 16.1 Å². The highest BCUT2D eigenvalue weighted by Crippen LogP contribution is 2.15. The third-order valence-electron chi connectivity index (χ3n) is 2.29. The largest absolute Gasteiger partial charge is 0.348 e. The zero-order valence-electron chi connectivity index (χ0n) is 9.23. The number of carbonyl (C=O) groups excluding carboxylic acids is 1. The van der Waals surface area contributed by atoms with E-state index in [0.29, 0.717) is 11.1 Å². The highest BCUT2D eigenvalue weighted by Gasteiger charge is 2.07. The Bertz CT molecular complexity index is 563. The number of benzene rings is 1. The number of amides is 1. The van der Waals surface area contributed by atoms with Crippen LogP contribution in [0, 0.1) is 5.82 Å². The molecule has 0 spiro atoms. The molecule has 1 aromatic heterocycles. The molecular weight excluding hydrogens is 301 g/mol. The molecule has 18 heavy (non-hydrogen) atoms. The molecule has 0 saturated carbocycles. The van der Waals surface area contributed by atoms with Gasteiger partial charge in [0.15, 0.2) is 0 Å². The molecular formula is C12H9BrFN3O. The summed E-state index contributed by atoms with van der Waals surface area (Å²) in [5.74, 6) is -0.671. The first-order valence-electron chi connectivity index (χ1n) is 5.15. The van der Waals surface area contributed by atoms with Gasteiger partial charge in [-0.25, -0.2) is 4.39 Å². The quantitative estimate of drug-likeness (QED) is 0.946. The van der Waals surface area contributed by atoms with Gasteiger partial charge in [0, 0.05) is 16.6 Å². The van der Waals surface area contributed by atoms with E-state index in [-0.39, 0.29) is 18.3 Å². The molecule has 1 heterocycles.